The Kier molecular flexibility index (Phi) is 2.56. The summed E-state index contributed by atoms with van der Waals surface area (Å²) in [6.07, 6.45) is -3.03. The molecule has 5 heteroatoms. The molecule has 0 N–H and O–H groups in total. The second kappa shape index (κ2) is 3.68. The average molecular weight is 241 g/mol. The predicted molar refractivity (Wildman–Crippen MR) is 57.8 cm³/mol. The minimum absolute atomic E-state index is 0.00602. The summed E-state index contributed by atoms with van der Waals surface area (Å²) in [6, 6.07) is 2.15. The first-order valence-electron chi connectivity index (χ1n) is 5.11. The van der Waals surface area contributed by atoms with E-state index in [1.807, 2.05) is 0 Å². The van der Waals surface area contributed by atoms with Gasteiger partial charge >= 0.3 is 6.18 Å². The third-order valence-corrected chi connectivity index (χ3v) is 2.84. The Morgan fingerprint density at radius 2 is 1.94 bits per heavy atom. The van der Waals surface area contributed by atoms with Gasteiger partial charge in [-0.1, -0.05) is 6.92 Å². The van der Waals surface area contributed by atoms with Crippen molar-refractivity contribution in [1.29, 1.82) is 0 Å². The number of carbonyl (C=O) groups excluding carboxylic acids is 1. The minimum Gasteiger partial charge on any atom is -0.293 e. The van der Waals surface area contributed by atoms with Gasteiger partial charge in [-0.2, -0.15) is 13.2 Å². The Labute approximate surface area is 96.2 Å². The van der Waals surface area contributed by atoms with Crippen LogP contribution in [0.3, 0.4) is 0 Å². The number of hydrogen-bond acceptors (Lipinski definition) is 2. The van der Waals surface area contributed by atoms with E-state index in [9.17, 15) is 18.0 Å². The molecular formula is C12H10F3NO. The van der Waals surface area contributed by atoms with Gasteiger partial charge in [-0.3, -0.25) is 9.79 Å². The smallest absolute Gasteiger partial charge is 0.293 e. The number of halogens is 3. The average Bonchev–Trinajstić information content (AvgIpc) is 2.22. The lowest BCUT2D eigenvalue weighted by molar-refractivity contribution is -0.138. The van der Waals surface area contributed by atoms with E-state index >= 15 is 0 Å². The lowest BCUT2D eigenvalue weighted by Crippen LogP contribution is -2.18. The van der Waals surface area contributed by atoms with Crippen LogP contribution in [0.15, 0.2) is 17.1 Å². The van der Waals surface area contributed by atoms with Crippen molar-refractivity contribution in [2.45, 2.75) is 20.0 Å². The molecule has 1 heterocycles. The zero-order valence-electron chi connectivity index (χ0n) is 9.30. The molecule has 2 nitrogen and oxygen atoms in total. The fourth-order valence-electron chi connectivity index (χ4n) is 1.87. The molecule has 0 fully saturated rings. The van der Waals surface area contributed by atoms with E-state index in [1.165, 1.54) is 19.2 Å². The third kappa shape index (κ3) is 1.85. The van der Waals surface area contributed by atoms with Gasteiger partial charge in [0.1, 0.15) is 0 Å². The SMILES string of the molecule is Cc1c(C(F)(F)F)ccc2c1N=CC(C)C2=O. The normalized spacial score (nSPS) is 19.4. The lowest BCUT2D eigenvalue weighted by atomic mass is 9.92. The van der Waals surface area contributed by atoms with Crippen LogP contribution in [0, 0.1) is 12.8 Å². The summed E-state index contributed by atoms with van der Waals surface area (Å²) in [4.78, 5) is 15.7. The van der Waals surface area contributed by atoms with E-state index < -0.39 is 11.7 Å². The summed E-state index contributed by atoms with van der Waals surface area (Å²) in [5, 5.41) is 0. The number of Topliss-reactive ketones (excluding diaryl/α,β-unsaturated/α-hetero) is 1. The first kappa shape index (κ1) is 11.8. The summed E-state index contributed by atoms with van der Waals surface area (Å²) in [7, 11) is 0. The Hall–Kier alpha value is -1.65. The number of benzene rings is 1. The van der Waals surface area contributed by atoms with Crippen LogP contribution in [0.1, 0.15) is 28.4 Å². The van der Waals surface area contributed by atoms with E-state index in [0.29, 0.717) is 0 Å². The van der Waals surface area contributed by atoms with Crippen LogP contribution >= 0.6 is 0 Å². The molecule has 0 aliphatic carbocycles. The summed E-state index contributed by atoms with van der Waals surface area (Å²) >= 11 is 0. The van der Waals surface area contributed by atoms with Crippen molar-refractivity contribution >= 4 is 17.7 Å². The molecule has 2 rings (SSSR count). The number of nitrogens with zero attached hydrogens (tertiary/aromatic N) is 1. The van der Waals surface area contributed by atoms with Crippen LogP contribution in [-0.2, 0) is 6.18 Å². The molecule has 0 spiro atoms. The number of carbonyl (C=O) groups is 1. The Morgan fingerprint density at radius 1 is 1.29 bits per heavy atom. The van der Waals surface area contributed by atoms with Crippen molar-refractivity contribution in [3.05, 3.63) is 28.8 Å². The predicted octanol–water partition coefficient (Wildman–Crippen LogP) is 3.55. The summed E-state index contributed by atoms with van der Waals surface area (Å²) in [5.41, 5.74) is -0.323. The molecule has 17 heavy (non-hydrogen) atoms. The number of alkyl halides is 3. The molecule has 0 saturated carbocycles. The maximum atomic E-state index is 12.7. The fraction of sp³-hybridized carbons (Fsp3) is 0.333. The highest BCUT2D eigenvalue weighted by molar-refractivity contribution is 6.12. The van der Waals surface area contributed by atoms with Crippen LogP contribution in [0.5, 0.6) is 0 Å². The van der Waals surface area contributed by atoms with Gasteiger partial charge in [0.2, 0.25) is 0 Å². The molecule has 0 radical (unpaired) electrons. The fourth-order valence-corrected chi connectivity index (χ4v) is 1.87. The second-order valence-corrected chi connectivity index (χ2v) is 4.06. The first-order chi connectivity index (χ1) is 7.82. The van der Waals surface area contributed by atoms with Gasteiger partial charge in [0.25, 0.3) is 0 Å². The molecule has 0 bridgehead atoms. The van der Waals surface area contributed by atoms with Gasteiger partial charge in [-0.05, 0) is 24.6 Å². The Balaban J connectivity index is 2.65. The third-order valence-electron chi connectivity index (χ3n) is 2.84. The summed E-state index contributed by atoms with van der Waals surface area (Å²) in [6.45, 7) is 3.00. The Bertz CT molecular complexity index is 517. The zero-order chi connectivity index (χ0) is 12.8. The van der Waals surface area contributed by atoms with Gasteiger partial charge in [-0.15, -0.1) is 0 Å². The first-order valence-corrected chi connectivity index (χ1v) is 5.11. The van der Waals surface area contributed by atoms with Crippen molar-refractivity contribution in [1.82, 2.24) is 0 Å². The minimum atomic E-state index is -4.42. The van der Waals surface area contributed by atoms with Crippen LogP contribution in [0.4, 0.5) is 18.9 Å². The van der Waals surface area contributed by atoms with Crippen LogP contribution < -0.4 is 0 Å². The van der Waals surface area contributed by atoms with Crippen molar-refractivity contribution in [3.8, 4) is 0 Å². The lowest BCUT2D eigenvalue weighted by Gasteiger charge is -2.18. The monoisotopic (exact) mass is 241 g/mol. The second-order valence-electron chi connectivity index (χ2n) is 4.06. The van der Waals surface area contributed by atoms with E-state index in [2.05, 4.69) is 4.99 Å². The number of aliphatic imine (C=N–C) groups is 1. The quantitative estimate of drug-likeness (QED) is 0.683. The van der Waals surface area contributed by atoms with Gasteiger partial charge in [0.05, 0.1) is 17.2 Å². The molecule has 1 atom stereocenters. The topological polar surface area (TPSA) is 29.4 Å². The molecular weight excluding hydrogens is 231 g/mol. The van der Waals surface area contributed by atoms with Gasteiger partial charge in [0.15, 0.2) is 5.78 Å². The number of fused-ring (bicyclic) bond motifs is 1. The van der Waals surface area contributed by atoms with Crippen molar-refractivity contribution in [2.75, 3.05) is 0 Å². The van der Waals surface area contributed by atoms with Gasteiger partial charge < -0.3 is 0 Å². The van der Waals surface area contributed by atoms with Crippen LogP contribution in [0.2, 0.25) is 0 Å². The molecule has 0 aromatic heterocycles. The van der Waals surface area contributed by atoms with E-state index in [1.54, 1.807) is 6.92 Å². The maximum Gasteiger partial charge on any atom is 0.416 e. The van der Waals surface area contributed by atoms with Crippen LogP contribution in [-0.4, -0.2) is 12.0 Å². The highest BCUT2D eigenvalue weighted by atomic mass is 19.4. The number of ketones is 1. The van der Waals surface area contributed by atoms with Crippen molar-refractivity contribution < 1.29 is 18.0 Å². The van der Waals surface area contributed by atoms with Crippen molar-refractivity contribution in [3.63, 3.8) is 0 Å². The van der Waals surface area contributed by atoms with Crippen molar-refractivity contribution in [2.24, 2.45) is 10.9 Å². The molecule has 1 aliphatic rings. The summed E-state index contributed by atoms with van der Waals surface area (Å²) < 4.78 is 38.0. The zero-order valence-corrected chi connectivity index (χ0v) is 9.30. The molecule has 1 unspecified atom stereocenters. The molecule has 1 aliphatic heterocycles. The highest BCUT2D eigenvalue weighted by Crippen LogP contribution is 2.39. The van der Waals surface area contributed by atoms with Gasteiger partial charge in [-0.25, -0.2) is 0 Å². The molecule has 1 aromatic carbocycles. The maximum absolute atomic E-state index is 12.7. The molecule has 1 aromatic rings. The highest BCUT2D eigenvalue weighted by Gasteiger charge is 2.35. The van der Waals surface area contributed by atoms with Gasteiger partial charge in [0, 0.05) is 11.8 Å². The van der Waals surface area contributed by atoms with E-state index in [4.69, 9.17) is 0 Å². The van der Waals surface area contributed by atoms with E-state index in [-0.39, 0.29) is 28.5 Å². The van der Waals surface area contributed by atoms with Crippen LogP contribution in [0.25, 0.3) is 0 Å². The largest absolute Gasteiger partial charge is 0.416 e. The molecule has 90 valence electrons. The summed E-state index contributed by atoms with van der Waals surface area (Å²) in [5.74, 6) is -0.564. The standard InChI is InChI=1S/C12H10F3NO/c1-6-5-16-10-7(2)9(12(13,14)15)4-3-8(10)11(6)17/h3-6H,1-2H3. The number of hydrogen-bond donors (Lipinski definition) is 0. The number of rotatable bonds is 0. The Morgan fingerprint density at radius 3 is 2.53 bits per heavy atom. The van der Waals surface area contributed by atoms with E-state index in [0.717, 1.165) is 6.07 Å². The molecule has 0 saturated heterocycles. The molecule has 0 amide bonds.